The molecule has 6 nitrogen and oxygen atoms in total. The van der Waals surface area contributed by atoms with Crippen molar-refractivity contribution in [2.45, 2.75) is 16.7 Å². The molecule has 0 bridgehead atoms. The summed E-state index contributed by atoms with van der Waals surface area (Å²) in [7, 11) is -1.77. The van der Waals surface area contributed by atoms with Crippen LogP contribution in [0.3, 0.4) is 0 Å². The van der Waals surface area contributed by atoms with Gasteiger partial charge < -0.3 is 15.6 Å². The molecule has 2 aliphatic heterocycles. The molecule has 2 rings (SSSR count). The quantitative estimate of drug-likeness (QED) is 0.665. The second-order valence-electron chi connectivity index (χ2n) is 3.12. The number of amides is 1. The largest absolute Gasteiger partial charge is 0.472 e. The van der Waals surface area contributed by atoms with Crippen LogP contribution < -0.4 is 5.73 Å². The minimum absolute atomic E-state index is 0.532. The van der Waals surface area contributed by atoms with Gasteiger partial charge in [0.2, 0.25) is 5.56 Å². The number of rotatable bonds is 0. The molecule has 1 fully saturated rings. The highest BCUT2D eigenvalue weighted by molar-refractivity contribution is 8.52. The molecule has 0 aromatic heterocycles. The van der Waals surface area contributed by atoms with Gasteiger partial charge in [-0.05, 0) is 13.2 Å². The lowest BCUT2D eigenvalue weighted by Gasteiger charge is -2.47. The number of ether oxygens (including phenoxy) is 1. The lowest BCUT2D eigenvalue weighted by molar-refractivity contribution is 0.00726. The first-order chi connectivity index (χ1) is 6.84. The van der Waals surface area contributed by atoms with E-state index in [1.165, 1.54) is 16.1 Å². The van der Waals surface area contributed by atoms with Crippen LogP contribution in [0.1, 0.15) is 6.92 Å². The zero-order valence-electron chi connectivity index (χ0n) is 8.00. The van der Waals surface area contributed by atoms with E-state index in [1.54, 1.807) is 13.2 Å². The number of hydrogen-bond acceptors (Lipinski definition) is 5. The number of carboxylic acid groups (broad SMARTS) is 1. The van der Waals surface area contributed by atoms with Crippen LogP contribution in [0.4, 0.5) is 9.59 Å². The summed E-state index contributed by atoms with van der Waals surface area (Å²) in [5.41, 5.74) is 5.45. The second kappa shape index (κ2) is 3.37. The molecule has 0 saturated carbocycles. The molecule has 0 aromatic carbocycles. The summed E-state index contributed by atoms with van der Waals surface area (Å²) in [6.07, 6.45) is 1.21. The number of hydrogen-bond donors (Lipinski definition) is 2. The van der Waals surface area contributed by atoms with Gasteiger partial charge in [-0.2, -0.15) is 4.31 Å². The van der Waals surface area contributed by atoms with Crippen molar-refractivity contribution in [3.8, 4) is 0 Å². The van der Waals surface area contributed by atoms with Crippen LogP contribution in [0, 0.1) is 0 Å². The molecule has 9 heteroatoms. The first kappa shape index (κ1) is 11.2. The Morgan fingerprint density at radius 1 is 1.80 bits per heavy atom. The molecule has 2 heterocycles. The van der Waals surface area contributed by atoms with Gasteiger partial charge in [0.25, 0.3) is 0 Å². The highest BCUT2D eigenvalue weighted by Crippen LogP contribution is 2.42. The smallest absolute Gasteiger partial charge is 0.426 e. The highest BCUT2D eigenvalue weighted by atomic mass is 32.9. The van der Waals surface area contributed by atoms with Gasteiger partial charge in [-0.15, -0.1) is 9.45 Å². The summed E-state index contributed by atoms with van der Waals surface area (Å²) in [6, 6.07) is 0. The molecule has 1 saturated heterocycles. The molecule has 86 valence electrons. The number of carbonyl (C=O) groups excluding carboxylic acids is 1. The van der Waals surface area contributed by atoms with E-state index in [1.807, 2.05) is 0 Å². The zero-order valence-corrected chi connectivity index (χ0v) is 10.4. The van der Waals surface area contributed by atoms with Crippen molar-refractivity contribution in [1.29, 1.82) is 0 Å². The van der Waals surface area contributed by atoms with Crippen molar-refractivity contribution in [2.24, 2.45) is 5.73 Å². The minimum atomic E-state index is -1.17. The number of nitrogens with two attached hydrogens (primary N) is 1. The Morgan fingerprint density at radius 2 is 2.40 bits per heavy atom. The SMILES string of the molecule is CS1=S(C(=O)O)N2C(=O)O[C@@H]2S[C@@]1(C)N. The Morgan fingerprint density at radius 3 is 2.87 bits per heavy atom. The normalized spacial score (nSPS) is 44.1. The summed E-state index contributed by atoms with van der Waals surface area (Å²) < 4.78 is 5.43. The van der Waals surface area contributed by atoms with Crippen LogP contribution in [0.2, 0.25) is 0 Å². The van der Waals surface area contributed by atoms with E-state index < -0.39 is 40.3 Å². The third-order valence-corrected chi connectivity index (χ3v) is 10.5. The van der Waals surface area contributed by atoms with Crippen LogP contribution >= 0.6 is 11.8 Å². The molecule has 0 spiro atoms. The van der Waals surface area contributed by atoms with Gasteiger partial charge in [0.1, 0.15) is 4.20 Å². The Bertz CT molecular complexity index is 394. The minimum Gasteiger partial charge on any atom is -0.472 e. The molecule has 3 N–H and O–H groups in total. The first-order valence-corrected chi connectivity index (χ1v) is 8.16. The predicted molar refractivity (Wildman–Crippen MR) is 61.0 cm³/mol. The summed E-state index contributed by atoms with van der Waals surface area (Å²) in [5.74, 6) is 0. The zero-order chi connectivity index (χ0) is 11.4. The van der Waals surface area contributed by atoms with E-state index in [-0.39, 0.29) is 0 Å². The molecule has 0 radical (unpaired) electrons. The Hall–Kier alpha value is -0.250. The van der Waals surface area contributed by atoms with Crippen molar-refractivity contribution in [1.82, 2.24) is 4.31 Å². The van der Waals surface area contributed by atoms with E-state index in [0.717, 1.165) is 0 Å². The molecule has 4 atom stereocenters. The molecule has 1 amide bonds. The maximum atomic E-state index is 11.1. The summed E-state index contributed by atoms with van der Waals surface area (Å²) in [4.78, 5) is 22.2. The number of thioether (sulfide) groups is 1. The van der Waals surface area contributed by atoms with Crippen LogP contribution in [-0.2, 0) is 23.8 Å². The van der Waals surface area contributed by atoms with Crippen molar-refractivity contribution in [3.63, 3.8) is 0 Å². The number of nitrogens with zero attached hydrogens (tertiary/aromatic N) is 1. The fraction of sp³-hybridized carbons (Fsp3) is 0.667. The van der Waals surface area contributed by atoms with Gasteiger partial charge in [-0.3, -0.25) is 0 Å². The average Bonchev–Trinajstić information content (AvgIpc) is 2.09. The Kier molecular flexibility index (Phi) is 2.53. The third kappa shape index (κ3) is 1.57. The topological polar surface area (TPSA) is 92.9 Å². The van der Waals surface area contributed by atoms with E-state index in [0.29, 0.717) is 0 Å². The molecule has 0 aromatic rings. The van der Waals surface area contributed by atoms with Crippen LogP contribution in [-0.4, -0.2) is 36.8 Å². The van der Waals surface area contributed by atoms with Crippen LogP contribution in [0.5, 0.6) is 0 Å². The van der Waals surface area contributed by atoms with E-state index in [2.05, 4.69) is 0 Å². The first-order valence-electron chi connectivity index (χ1n) is 3.95. The van der Waals surface area contributed by atoms with Gasteiger partial charge in [0.15, 0.2) is 0 Å². The third-order valence-electron chi connectivity index (χ3n) is 2.04. The van der Waals surface area contributed by atoms with Gasteiger partial charge in [-0.1, -0.05) is 11.8 Å². The summed E-state index contributed by atoms with van der Waals surface area (Å²) in [5, 5.41) is 8.09. The average molecular weight is 270 g/mol. The van der Waals surface area contributed by atoms with E-state index in [9.17, 15) is 9.59 Å². The van der Waals surface area contributed by atoms with Crippen molar-refractivity contribution in [3.05, 3.63) is 0 Å². The maximum absolute atomic E-state index is 11.1. The Labute approximate surface area is 94.8 Å². The highest BCUT2D eigenvalue weighted by Gasteiger charge is 2.52. The van der Waals surface area contributed by atoms with E-state index >= 15 is 0 Å². The van der Waals surface area contributed by atoms with Gasteiger partial charge in [-0.25, -0.2) is 9.59 Å². The van der Waals surface area contributed by atoms with Crippen molar-refractivity contribution < 1.29 is 19.4 Å². The van der Waals surface area contributed by atoms with E-state index in [4.69, 9.17) is 15.6 Å². The van der Waals surface area contributed by atoms with Crippen molar-refractivity contribution >= 4 is 42.3 Å². The molecule has 2 aliphatic rings. The van der Waals surface area contributed by atoms with Gasteiger partial charge in [0, 0.05) is 0 Å². The number of fused-ring (bicyclic) bond motifs is 1. The van der Waals surface area contributed by atoms with Crippen LogP contribution in [0.15, 0.2) is 0 Å². The fourth-order valence-electron chi connectivity index (χ4n) is 1.18. The molecular weight excluding hydrogens is 260 g/mol. The molecule has 2 unspecified atom stereocenters. The lowest BCUT2D eigenvalue weighted by Crippen LogP contribution is -2.62. The molecule has 0 aliphatic carbocycles. The molecule has 15 heavy (non-hydrogen) atoms. The van der Waals surface area contributed by atoms with Gasteiger partial charge in [0.05, 0.1) is 9.64 Å². The van der Waals surface area contributed by atoms with Gasteiger partial charge >= 0.3 is 11.4 Å². The lowest BCUT2D eigenvalue weighted by atomic mass is 10.8. The maximum Gasteiger partial charge on any atom is 0.426 e. The monoisotopic (exact) mass is 270 g/mol. The second-order valence-corrected chi connectivity index (χ2v) is 10.3. The van der Waals surface area contributed by atoms with Crippen LogP contribution in [0.25, 0.3) is 0 Å². The summed E-state index contributed by atoms with van der Waals surface area (Å²) in [6.45, 7) is 1.77. The predicted octanol–water partition coefficient (Wildman–Crippen LogP) is 0.476. The molecular formula is C6H10N2O4S3. The summed E-state index contributed by atoms with van der Waals surface area (Å²) >= 11 is 1.29. The van der Waals surface area contributed by atoms with Crippen molar-refractivity contribution in [2.75, 3.05) is 6.26 Å². The fourth-order valence-corrected chi connectivity index (χ4v) is 8.20. The Balaban J connectivity index is 2.50. The number of carbonyl (C=O) groups is 2. The standard InChI is InChI=1S/C6H10N2O4S3/c1-6(7)13-4-8(3(9)12-4)15(5(10)11)14(6)2/h4H,7H2,1-2H3,(H,10,11)/t4-,6-,14?,15?/m1/s1.